The zero-order chi connectivity index (χ0) is 12.4. The van der Waals surface area contributed by atoms with Gasteiger partial charge >= 0.3 is 0 Å². The highest BCUT2D eigenvalue weighted by Crippen LogP contribution is 2.41. The van der Waals surface area contributed by atoms with E-state index in [-0.39, 0.29) is 17.1 Å². The van der Waals surface area contributed by atoms with Gasteiger partial charge in [-0.1, -0.05) is 6.58 Å². The summed E-state index contributed by atoms with van der Waals surface area (Å²) in [4.78, 5) is 15.6. The van der Waals surface area contributed by atoms with E-state index in [2.05, 4.69) is 11.6 Å². The highest BCUT2D eigenvalue weighted by Gasteiger charge is 2.44. The molecule has 0 saturated carbocycles. The van der Waals surface area contributed by atoms with Crippen molar-refractivity contribution in [3.63, 3.8) is 0 Å². The SMILES string of the molecule is C=CO/C(=C\C)C1=C(O)C(c2cnco2)C1=O. The standard InChI is InChI=1S/C12H11NO4/c1-3-7(16-4-2)9-11(14)10(12(9)15)8-5-13-6-17-8/h3-6,10,14H,2H2,1H3/b7-3-. The maximum Gasteiger partial charge on any atom is 0.188 e. The van der Waals surface area contributed by atoms with Crippen LogP contribution >= 0.6 is 0 Å². The number of rotatable bonds is 4. The zero-order valence-electron chi connectivity index (χ0n) is 9.21. The minimum Gasteiger partial charge on any atom is -0.510 e. The van der Waals surface area contributed by atoms with Crippen LogP contribution < -0.4 is 0 Å². The van der Waals surface area contributed by atoms with Crippen molar-refractivity contribution in [1.29, 1.82) is 0 Å². The van der Waals surface area contributed by atoms with Crippen LogP contribution in [0.25, 0.3) is 0 Å². The number of oxazole rings is 1. The predicted octanol–water partition coefficient (Wildman–Crippen LogP) is 2.22. The van der Waals surface area contributed by atoms with Gasteiger partial charge in [-0.05, 0) is 13.0 Å². The number of carbonyl (C=O) groups excluding carboxylic acids is 1. The number of hydrogen-bond acceptors (Lipinski definition) is 5. The van der Waals surface area contributed by atoms with Crippen molar-refractivity contribution >= 4 is 5.78 Å². The first-order valence-corrected chi connectivity index (χ1v) is 5.00. The van der Waals surface area contributed by atoms with Gasteiger partial charge in [0.2, 0.25) is 0 Å². The molecule has 1 heterocycles. The number of hydrogen-bond donors (Lipinski definition) is 1. The molecule has 1 N–H and O–H groups in total. The van der Waals surface area contributed by atoms with Crippen LogP contribution in [0.5, 0.6) is 0 Å². The van der Waals surface area contributed by atoms with E-state index < -0.39 is 5.92 Å². The molecule has 0 radical (unpaired) electrons. The quantitative estimate of drug-likeness (QED) is 0.807. The van der Waals surface area contributed by atoms with Gasteiger partial charge in [-0.2, -0.15) is 0 Å². The van der Waals surface area contributed by atoms with Crippen molar-refractivity contribution in [2.24, 2.45) is 0 Å². The van der Waals surface area contributed by atoms with E-state index >= 15 is 0 Å². The van der Waals surface area contributed by atoms with Crippen LogP contribution in [0, 0.1) is 0 Å². The van der Waals surface area contributed by atoms with Crippen LogP contribution in [0.1, 0.15) is 18.6 Å². The van der Waals surface area contributed by atoms with Crippen LogP contribution in [-0.4, -0.2) is 15.9 Å². The zero-order valence-corrected chi connectivity index (χ0v) is 9.21. The molecule has 1 aliphatic carbocycles. The lowest BCUT2D eigenvalue weighted by Gasteiger charge is -2.26. The van der Waals surface area contributed by atoms with Gasteiger partial charge in [0.05, 0.1) is 18.0 Å². The fraction of sp³-hybridized carbons (Fsp3) is 0.167. The topological polar surface area (TPSA) is 72.6 Å². The number of Topliss-reactive ketones (excluding diaryl/α,β-unsaturated/α-hetero) is 1. The van der Waals surface area contributed by atoms with Crippen LogP contribution in [0.3, 0.4) is 0 Å². The molecule has 5 nitrogen and oxygen atoms in total. The maximum atomic E-state index is 11.9. The molecule has 0 fully saturated rings. The van der Waals surface area contributed by atoms with Crippen molar-refractivity contribution in [3.05, 3.63) is 54.4 Å². The van der Waals surface area contributed by atoms with Gasteiger partial charge in [0.1, 0.15) is 23.2 Å². The fourth-order valence-electron chi connectivity index (χ4n) is 1.70. The van der Waals surface area contributed by atoms with Gasteiger partial charge in [-0.15, -0.1) is 0 Å². The minimum atomic E-state index is -0.768. The lowest BCUT2D eigenvalue weighted by molar-refractivity contribution is -0.119. The number of aliphatic hydroxyl groups excluding tert-OH is 1. The van der Waals surface area contributed by atoms with E-state index in [0.29, 0.717) is 11.5 Å². The summed E-state index contributed by atoms with van der Waals surface area (Å²) in [7, 11) is 0. The van der Waals surface area contributed by atoms with Crippen molar-refractivity contribution in [3.8, 4) is 0 Å². The summed E-state index contributed by atoms with van der Waals surface area (Å²) in [6, 6.07) is 0. The van der Waals surface area contributed by atoms with Gasteiger partial charge in [0.15, 0.2) is 12.2 Å². The number of aliphatic hydroxyl groups is 1. The minimum absolute atomic E-state index is 0.0679. The second kappa shape index (κ2) is 4.29. The Kier molecular flexibility index (Phi) is 2.82. The molecule has 1 unspecified atom stereocenters. The third kappa shape index (κ3) is 1.65. The van der Waals surface area contributed by atoms with Crippen LogP contribution in [0.15, 0.2) is 53.0 Å². The molecule has 1 aromatic rings. The van der Waals surface area contributed by atoms with Gasteiger partial charge in [0.25, 0.3) is 0 Å². The maximum absolute atomic E-state index is 11.9. The Labute approximate surface area is 97.7 Å². The molecule has 0 amide bonds. The number of ether oxygens (including phenoxy) is 1. The largest absolute Gasteiger partial charge is 0.510 e. The molecule has 2 rings (SSSR count). The lowest BCUT2D eigenvalue weighted by Crippen LogP contribution is -2.30. The Bertz CT molecular complexity index is 511. The van der Waals surface area contributed by atoms with Gasteiger partial charge < -0.3 is 14.3 Å². The third-order valence-electron chi connectivity index (χ3n) is 2.49. The summed E-state index contributed by atoms with van der Waals surface area (Å²) in [6.07, 6.45) is 5.40. The normalized spacial score (nSPS) is 20.2. The second-order valence-electron chi connectivity index (χ2n) is 3.40. The predicted molar refractivity (Wildman–Crippen MR) is 58.9 cm³/mol. The third-order valence-corrected chi connectivity index (χ3v) is 2.49. The summed E-state index contributed by atoms with van der Waals surface area (Å²) in [5.74, 6) is -0.477. The Hall–Kier alpha value is -2.30. The Balaban J connectivity index is 2.33. The molecule has 1 atom stereocenters. The fourth-order valence-corrected chi connectivity index (χ4v) is 1.70. The van der Waals surface area contributed by atoms with Gasteiger partial charge in [0, 0.05) is 0 Å². The lowest BCUT2D eigenvalue weighted by atomic mass is 9.80. The number of aromatic nitrogens is 1. The first kappa shape index (κ1) is 11.2. The van der Waals surface area contributed by atoms with E-state index in [1.165, 1.54) is 18.9 Å². The molecule has 1 aliphatic rings. The van der Waals surface area contributed by atoms with E-state index in [1.807, 2.05) is 0 Å². The Morgan fingerprint density at radius 2 is 2.47 bits per heavy atom. The van der Waals surface area contributed by atoms with Crippen molar-refractivity contribution < 1.29 is 19.1 Å². The molecule has 0 saturated heterocycles. The molecular formula is C12H11NO4. The molecular weight excluding hydrogens is 222 g/mol. The molecule has 17 heavy (non-hydrogen) atoms. The second-order valence-corrected chi connectivity index (χ2v) is 3.40. The molecule has 88 valence electrons. The van der Waals surface area contributed by atoms with E-state index in [0.717, 1.165) is 0 Å². The van der Waals surface area contributed by atoms with Crippen LogP contribution in [-0.2, 0) is 9.53 Å². The average molecular weight is 233 g/mol. The molecule has 0 bridgehead atoms. The number of nitrogens with zero attached hydrogens (tertiary/aromatic N) is 1. The van der Waals surface area contributed by atoms with E-state index in [1.54, 1.807) is 13.0 Å². The first-order chi connectivity index (χ1) is 8.20. The molecule has 0 spiro atoms. The van der Waals surface area contributed by atoms with Gasteiger partial charge in [-0.3, -0.25) is 4.79 Å². The highest BCUT2D eigenvalue weighted by atomic mass is 16.5. The summed E-state index contributed by atoms with van der Waals surface area (Å²) in [5.41, 5.74) is 0.161. The number of ketones is 1. The van der Waals surface area contributed by atoms with Crippen molar-refractivity contribution in [2.75, 3.05) is 0 Å². The van der Waals surface area contributed by atoms with Crippen molar-refractivity contribution in [1.82, 2.24) is 4.98 Å². The summed E-state index contributed by atoms with van der Waals surface area (Å²) in [5, 5.41) is 9.85. The van der Waals surface area contributed by atoms with Crippen LogP contribution in [0.2, 0.25) is 0 Å². The average Bonchev–Trinajstić information content (AvgIpc) is 2.82. The summed E-state index contributed by atoms with van der Waals surface area (Å²) in [6.45, 7) is 5.10. The monoisotopic (exact) mass is 233 g/mol. The molecule has 0 aromatic carbocycles. The number of carbonyl (C=O) groups is 1. The van der Waals surface area contributed by atoms with Crippen molar-refractivity contribution in [2.45, 2.75) is 12.8 Å². The summed E-state index contributed by atoms with van der Waals surface area (Å²) >= 11 is 0. The molecule has 1 aromatic heterocycles. The Morgan fingerprint density at radius 3 is 2.94 bits per heavy atom. The smallest absolute Gasteiger partial charge is 0.188 e. The first-order valence-electron chi connectivity index (χ1n) is 5.00. The van der Waals surface area contributed by atoms with E-state index in [4.69, 9.17) is 9.15 Å². The summed E-state index contributed by atoms with van der Waals surface area (Å²) < 4.78 is 10.0. The molecule has 0 aliphatic heterocycles. The highest BCUT2D eigenvalue weighted by molar-refractivity contribution is 6.12. The molecule has 5 heteroatoms. The van der Waals surface area contributed by atoms with Gasteiger partial charge in [-0.25, -0.2) is 4.98 Å². The Morgan fingerprint density at radius 1 is 1.71 bits per heavy atom. The van der Waals surface area contributed by atoms with Crippen LogP contribution in [0.4, 0.5) is 0 Å². The van der Waals surface area contributed by atoms with E-state index in [9.17, 15) is 9.90 Å². The number of allylic oxidation sites excluding steroid dienone is 3.